The first kappa shape index (κ1) is 20.5. The van der Waals surface area contributed by atoms with Crippen LogP contribution >= 0.6 is 0 Å². The molecule has 32 heavy (non-hydrogen) atoms. The molecule has 2 aromatic carbocycles. The number of nitrogens with zero attached hydrogens (tertiary/aromatic N) is 2. The van der Waals surface area contributed by atoms with Gasteiger partial charge in [-0.05, 0) is 66.6 Å². The molecular weight excluding hydrogens is 398 g/mol. The van der Waals surface area contributed by atoms with Gasteiger partial charge in [0.25, 0.3) is 5.91 Å². The summed E-state index contributed by atoms with van der Waals surface area (Å²) in [4.78, 5) is 19.8. The van der Waals surface area contributed by atoms with Crippen LogP contribution in [0.3, 0.4) is 0 Å². The van der Waals surface area contributed by atoms with Crippen LogP contribution in [0.5, 0.6) is 0 Å². The second kappa shape index (κ2) is 8.63. The molecule has 1 spiro atoms. The number of hydrogen-bond acceptors (Lipinski definition) is 5. The minimum atomic E-state index is -0.212. The van der Waals surface area contributed by atoms with Crippen LogP contribution in [0.25, 0.3) is 11.1 Å². The smallest absolute Gasteiger partial charge is 0.257 e. The zero-order chi connectivity index (χ0) is 22.0. The quantitative estimate of drug-likeness (QED) is 0.545. The summed E-state index contributed by atoms with van der Waals surface area (Å²) < 4.78 is 0. The van der Waals surface area contributed by atoms with Crippen LogP contribution in [-0.4, -0.2) is 37.1 Å². The molecule has 0 radical (unpaired) electrons. The van der Waals surface area contributed by atoms with Crippen molar-refractivity contribution in [3.8, 4) is 11.1 Å². The van der Waals surface area contributed by atoms with E-state index in [1.54, 1.807) is 6.20 Å². The van der Waals surface area contributed by atoms with E-state index in [-0.39, 0.29) is 5.91 Å². The van der Waals surface area contributed by atoms with Crippen LogP contribution in [-0.2, 0) is 0 Å². The predicted octanol–water partition coefficient (Wildman–Crippen LogP) is 4.16. The number of anilines is 3. The van der Waals surface area contributed by atoms with Crippen LogP contribution in [0.2, 0.25) is 0 Å². The normalized spacial score (nSPS) is 17.4. The van der Waals surface area contributed by atoms with Crippen molar-refractivity contribution < 1.29 is 4.79 Å². The Morgan fingerprint density at radius 2 is 1.81 bits per heavy atom. The Morgan fingerprint density at radius 3 is 2.50 bits per heavy atom. The van der Waals surface area contributed by atoms with E-state index in [1.807, 2.05) is 60.7 Å². The number of amides is 1. The SMILES string of the molecule is Nc1ccc(-c2ccccc2)cc1NC(=O)c1ccc(N2CCC3(CCNC3)CC2)nc1. The van der Waals surface area contributed by atoms with E-state index < -0.39 is 0 Å². The predicted molar refractivity (Wildman–Crippen MR) is 130 cm³/mol. The molecule has 4 N–H and O–H groups in total. The number of nitrogens with one attached hydrogen (secondary N) is 2. The van der Waals surface area contributed by atoms with E-state index in [0.29, 0.717) is 22.4 Å². The van der Waals surface area contributed by atoms with Crippen LogP contribution < -0.4 is 21.3 Å². The first-order valence-corrected chi connectivity index (χ1v) is 11.3. The average molecular weight is 428 g/mol. The van der Waals surface area contributed by atoms with Crippen LogP contribution in [0.15, 0.2) is 66.9 Å². The Hall–Kier alpha value is -3.38. The van der Waals surface area contributed by atoms with Crippen LogP contribution in [0.4, 0.5) is 17.2 Å². The monoisotopic (exact) mass is 427 g/mol. The molecule has 5 rings (SSSR count). The fourth-order valence-corrected chi connectivity index (χ4v) is 4.81. The van der Waals surface area contributed by atoms with Gasteiger partial charge >= 0.3 is 0 Å². The minimum Gasteiger partial charge on any atom is -0.397 e. The fraction of sp³-hybridized carbons (Fsp3) is 0.308. The average Bonchev–Trinajstić information content (AvgIpc) is 3.29. The maximum atomic E-state index is 12.8. The van der Waals surface area contributed by atoms with Gasteiger partial charge in [0, 0.05) is 25.8 Å². The van der Waals surface area contributed by atoms with Gasteiger partial charge in [-0.1, -0.05) is 36.4 Å². The van der Waals surface area contributed by atoms with Gasteiger partial charge in [0.15, 0.2) is 0 Å². The summed E-state index contributed by atoms with van der Waals surface area (Å²) in [6.45, 7) is 4.31. The molecule has 6 nitrogen and oxygen atoms in total. The van der Waals surface area contributed by atoms with E-state index in [9.17, 15) is 4.79 Å². The number of pyridine rings is 1. The first-order valence-electron chi connectivity index (χ1n) is 11.3. The number of hydrogen-bond donors (Lipinski definition) is 3. The highest BCUT2D eigenvalue weighted by atomic mass is 16.1. The zero-order valence-electron chi connectivity index (χ0n) is 18.2. The highest BCUT2D eigenvalue weighted by molar-refractivity contribution is 6.06. The summed E-state index contributed by atoms with van der Waals surface area (Å²) >= 11 is 0. The van der Waals surface area contributed by atoms with Crippen LogP contribution in [0.1, 0.15) is 29.6 Å². The van der Waals surface area contributed by atoms with Crippen molar-refractivity contribution in [2.75, 3.05) is 42.1 Å². The summed E-state index contributed by atoms with van der Waals surface area (Å²) in [7, 11) is 0. The number of benzene rings is 2. The van der Waals surface area contributed by atoms with Gasteiger partial charge in [-0.25, -0.2) is 4.98 Å². The molecule has 6 heteroatoms. The molecule has 164 valence electrons. The molecular formula is C26H29N5O. The van der Waals surface area contributed by atoms with E-state index >= 15 is 0 Å². The molecule has 2 fully saturated rings. The second-order valence-corrected chi connectivity index (χ2v) is 8.94. The molecule has 0 atom stereocenters. The lowest BCUT2D eigenvalue weighted by Gasteiger charge is -2.39. The Morgan fingerprint density at radius 1 is 1.00 bits per heavy atom. The molecule has 3 aromatic rings. The van der Waals surface area contributed by atoms with Gasteiger partial charge in [-0.2, -0.15) is 0 Å². The van der Waals surface area contributed by atoms with E-state index in [4.69, 9.17) is 5.73 Å². The molecule has 2 saturated heterocycles. The minimum absolute atomic E-state index is 0.212. The highest BCUT2D eigenvalue weighted by Crippen LogP contribution is 2.37. The van der Waals surface area contributed by atoms with Gasteiger partial charge in [0.05, 0.1) is 16.9 Å². The summed E-state index contributed by atoms with van der Waals surface area (Å²) in [5, 5.41) is 6.45. The van der Waals surface area contributed by atoms with E-state index in [1.165, 1.54) is 19.3 Å². The van der Waals surface area contributed by atoms with Gasteiger partial charge in [-0.3, -0.25) is 4.79 Å². The van der Waals surface area contributed by atoms with Gasteiger partial charge in [0.1, 0.15) is 5.82 Å². The number of aromatic nitrogens is 1. The van der Waals surface area contributed by atoms with Crippen molar-refractivity contribution in [2.24, 2.45) is 5.41 Å². The lowest BCUT2D eigenvalue weighted by Crippen LogP contribution is -2.41. The zero-order valence-corrected chi connectivity index (χ0v) is 18.2. The Balaban J connectivity index is 1.26. The van der Waals surface area contributed by atoms with Crippen molar-refractivity contribution >= 4 is 23.1 Å². The number of nitrogens with two attached hydrogens (primary N) is 1. The van der Waals surface area contributed by atoms with Gasteiger partial charge in [0.2, 0.25) is 0 Å². The summed E-state index contributed by atoms with van der Waals surface area (Å²) in [5.41, 5.74) is 10.3. The fourth-order valence-electron chi connectivity index (χ4n) is 4.81. The van der Waals surface area contributed by atoms with Crippen molar-refractivity contribution in [1.29, 1.82) is 0 Å². The number of piperidine rings is 1. The Kier molecular flexibility index (Phi) is 5.53. The molecule has 1 amide bonds. The van der Waals surface area contributed by atoms with Gasteiger partial charge in [-0.15, -0.1) is 0 Å². The molecule has 1 aromatic heterocycles. The van der Waals surface area contributed by atoms with E-state index in [2.05, 4.69) is 20.5 Å². The van der Waals surface area contributed by atoms with Gasteiger partial charge < -0.3 is 21.3 Å². The molecule has 2 aliphatic rings. The third-order valence-electron chi connectivity index (χ3n) is 6.90. The van der Waals surface area contributed by atoms with Crippen molar-refractivity contribution in [1.82, 2.24) is 10.3 Å². The third kappa shape index (κ3) is 4.18. The number of nitrogen functional groups attached to an aromatic ring is 1. The molecule has 3 heterocycles. The highest BCUT2D eigenvalue weighted by Gasteiger charge is 2.37. The maximum Gasteiger partial charge on any atom is 0.257 e. The van der Waals surface area contributed by atoms with Crippen molar-refractivity contribution in [3.05, 3.63) is 72.4 Å². The van der Waals surface area contributed by atoms with Crippen molar-refractivity contribution in [2.45, 2.75) is 19.3 Å². The third-order valence-corrected chi connectivity index (χ3v) is 6.90. The molecule has 0 bridgehead atoms. The lowest BCUT2D eigenvalue weighted by atomic mass is 9.78. The second-order valence-electron chi connectivity index (χ2n) is 8.94. The van der Waals surface area contributed by atoms with Crippen molar-refractivity contribution in [3.63, 3.8) is 0 Å². The Labute approximate surface area is 188 Å². The van der Waals surface area contributed by atoms with Crippen LogP contribution in [0, 0.1) is 5.41 Å². The summed E-state index contributed by atoms with van der Waals surface area (Å²) in [6, 6.07) is 19.5. The largest absolute Gasteiger partial charge is 0.397 e. The molecule has 0 unspecified atom stereocenters. The lowest BCUT2D eigenvalue weighted by molar-refractivity contribution is 0.102. The number of rotatable bonds is 4. The summed E-state index contributed by atoms with van der Waals surface area (Å²) in [5.74, 6) is 0.725. The molecule has 0 saturated carbocycles. The number of carbonyl (C=O) groups is 1. The topological polar surface area (TPSA) is 83.3 Å². The summed E-state index contributed by atoms with van der Waals surface area (Å²) in [6.07, 6.45) is 5.33. The molecule has 2 aliphatic heterocycles. The Bertz CT molecular complexity index is 1080. The standard InChI is InChI=1S/C26H29N5O/c27-22-8-6-20(19-4-2-1-3-5-19)16-23(22)30-25(32)21-7-9-24(29-17-21)31-14-11-26(12-15-31)10-13-28-18-26/h1-9,16-17,28H,10-15,18,27H2,(H,30,32). The maximum absolute atomic E-state index is 12.8. The molecule has 0 aliphatic carbocycles. The van der Waals surface area contributed by atoms with E-state index in [0.717, 1.165) is 43.1 Å². The first-order chi connectivity index (χ1) is 15.6. The number of carbonyl (C=O) groups excluding carboxylic acids is 1.